The number of hydrogen-bond acceptors (Lipinski definition) is 4. The zero-order valence-electron chi connectivity index (χ0n) is 7.29. The maximum Gasteiger partial charge on any atom is 0.143 e. The topological polar surface area (TPSA) is 60.2 Å². The van der Waals surface area contributed by atoms with E-state index in [1.54, 1.807) is 0 Å². The number of aldehydes is 1. The van der Waals surface area contributed by atoms with Gasteiger partial charge in [-0.1, -0.05) is 0 Å². The average Bonchev–Trinajstić information content (AvgIpc) is 2.03. The molecule has 0 aliphatic carbocycles. The molecule has 12 heavy (non-hydrogen) atoms. The Balaban J connectivity index is 3.63. The van der Waals surface area contributed by atoms with Crippen LogP contribution in [0.2, 0.25) is 0 Å². The van der Waals surface area contributed by atoms with Gasteiger partial charge < -0.3 is 10.5 Å². The molecule has 0 aromatic rings. The Morgan fingerprint density at radius 1 is 1.67 bits per heavy atom. The number of nitrogens with two attached hydrogens (primary N) is 1. The summed E-state index contributed by atoms with van der Waals surface area (Å²) in [7, 11) is 0. The van der Waals surface area contributed by atoms with E-state index in [4.69, 9.17) is 5.73 Å². The summed E-state index contributed by atoms with van der Waals surface area (Å²) < 4.78 is 0. The van der Waals surface area contributed by atoms with Crippen LogP contribution in [0.25, 0.3) is 0 Å². The van der Waals surface area contributed by atoms with Gasteiger partial charge in [0.05, 0.1) is 5.25 Å². The number of carbonyl (C=O) groups is 2. The van der Waals surface area contributed by atoms with E-state index in [0.29, 0.717) is 13.0 Å². The second kappa shape index (κ2) is 7.31. The number of thioether (sulfide) groups is 1. The number of hydrogen-bond donors (Lipinski definition) is 1. The third-order valence-corrected chi connectivity index (χ3v) is 2.88. The van der Waals surface area contributed by atoms with Gasteiger partial charge in [-0.2, -0.15) is 11.8 Å². The van der Waals surface area contributed by atoms with Crippen molar-refractivity contribution in [1.29, 1.82) is 0 Å². The molecule has 70 valence electrons. The Morgan fingerprint density at radius 2 is 2.33 bits per heavy atom. The van der Waals surface area contributed by atoms with Crippen molar-refractivity contribution < 1.29 is 9.59 Å². The highest BCUT2D eigenvalue weighted by atomic mass is 32.2. The summed E-state index contributed by atoms with van der Waals surface area (Å²) in [5.74, 6) is 0.929. The average molecular weight is 189 g/mol. The van der Waals surface area contributed by atoms with Crippen LogP contribution in [0, 0.1) is 0 Å². The Morgan fingerprint density at radius 3 is 2.75 bits per heavy atom. The molecule has 0 saturated carbocycles. The molecular formula is C8H15NO2S. The minimum Gasteiger partial charge on any atom is -0.330 e. The standard InChI is InChI=1S/C8H15NO2S/c1-7(11)8(3-5-10)12-6-2-4-9/h5,8H,2-4,6,9H2,1H3. The van der Waals surface area contributed by atoms with Crippen LogP contribution in [0.1, 0.15) is 19.8 Å². The zero-order chi connectivity index (χ0) is 9.40. The molecule has 4 heteroatoms. The summed E-state index contributed by atoms with van der Waals surface area (Å²) in [5.41, 5.74) is 5.30. The minimum absolute atomic E-state index is 0.0733. The molecule has 1 unspecified atom stereocenters. The number of carbonyl (C=O) groups excluding carboxylic acids is 2. The van der Waals surface area contributed by atoms with Gasteiger partial charge in [0.25, 0.3) is 0 Å². The summed E-state index contributed by atoms with van der Waals surface area (Å²) >= 11 is 1.52. The molecule has 0 saturated heterocycles. The van der Waals surface area contributed by atoms with Gasteiger partial charge in [0, 0.05) is 6.42 Å². The fraction of sp³-hybridized carbons (Fsp3) is 0.750. The smallest absolute Gasteiger partial charge is 0.143 e. The summed E-state index contributed by atoms with van der Waals surface area (Å²) in [6.45, 7) is 2.16. The molecule has 0 aliphatic rings. The van der Waals surface area contributed by atoms with Crippen LogP contribution in [0.4, 0.5) is 0 Å². The molecule has 0 spiro atoms. The molecule has 2 N–H and O–H groups in total. The zero-order valence-corrected chi connectivity index (χ0v) is 8.10. The second-order valence-corrected chi connectivity index (χ2v) is 3.83. The normalized spacial score (nSPS) is 12.5. The number of Topliss-reactive ketones (excluding diaryl/α,β-unsaturated/α-hetero) is 1. The Hall–Kier alpha value is -0.350. The molecule has 0 fully saturated rings. The summed E-state index contributed by atoms with van der Waals surface area (Å²) in [6.07, 6.45) is 2.01. The first kappa shape index (κ1) is 11.6. The Bertz CT molecular complexity index is 150. The van der Waals surface area contributed by atoms with Crippen LogP contribution in [-0.4, -0.2) is 29.6 Å². The van der Waals surface area contributed by atoms with E-state index < -0.39 is 0 Å². The van der Waals surface area contributed by atoms with E-state index in [1.165, 1.54) is 18.7 Å². The molecule has 0 heterocycles. The molecule has 0 bridgehead atoms. The third kappa shape index (κ3) is 5.32. The van der Waals surface area contributed by atoms with Gasteiger partial charge in [0.15, 0.2) is 0 Å². The molecule has 0 aromatic heterocycles. The van der Waals surface area contributed by atoms with Gasteiger partial charge in [0.2, 0.25) is 0 Å². The molecule has 0 amide bonds. The molecule has 0 radical (unpaired) electrons. The largest absolute Gasteiger partial charge is 0.330 e. The number of ketones is 1. The summed E-state index contributed by atoms with van der Waals surface area (Å²) in [6, 6.07) is 0. The van der Waals surface area contributed by atoms with Crippen LogP contribution in [-0.2, 0) is 9.59 Å². The van der Waals surface area contributed by atoms with Gasteiger partial charge in [-0.15, -0.1) is 0 Å². The lowest BCUT2D eigenvalue weighted by atomic mass is 10.2. The van der Waals surface area contributed by atoms with Gasteiger partial charge >= 0.3 is 0 Å². The number of rotatable bonds is 7. The van der Waals surface area contributed by atoms with Crippen molar-refractivity contribution in [2.24, 2.45) is 5.73 Å². The predicted octanol–water partition coefficient (Wildman–Crippen LogP) is 0.615. The van der Waals surface area contributed by atoms with E-state index in [2.05, 4.69) is 0 Å². The molecule has 0 aliphatic heterocycles. The maximum absolute atomic E-state index is 10.9. The van der Waals surface area contributed by atoms with Crippen molar-refractivity contribution in [2.45, 2.75) is 25.0 Å². The lowest BCUT2D eigenvalue weighted by Crippen LogP contribution is -2.15. The van der Waals surface area contributed by atoms with Gasteiger partial charge in [-0.05, 0) is 25.6 Å². The SMILES string of the molecule is CC(=O)C(CC=O)SCCCN. The van der Waals surface area contributed by atoms with Crippen molar-refractivity contribution in [3.8, 4) is 0 Å². The second-order valence-electron chi connectivity index (χ2n) is 2.51. The van der Waals surface area contributed by atoms with Crippen LogP contribution < -0.4 is 5.73 Å². The molecular weight excluding hydrogens is 174 g/mol. The first-order valence-corrected chi connectivity index (χ1v) is 5.03. The van der Waals surface area contributed by atoms with E-state index >= 15 is 0 Å². The van der Waals surface area contributed by atoms with Crippen molar-refractivity contribution >= 4 is 23.8 Å². The monoisotopic (exact) mass is 189 g/mol. The van der Waals surface area contributed by atoms with Crippen molar-refractivity contribution in [3.05, 3.63) is 0 Å². The molecule has 1 atom stereocenters. The third-order valence-electron chi connectivity index (χ3n) is 1.43. The maximum atomic E-state index is 10.9. The van der Waals surface area contributed by atoms with Gasteiger partial charge in [-0.3, -0.25) is 4.79 Å². The van der Waals surface area contributed by atoms with E-state index in [1.807, 2.05) is 0 Å². The Kier molecular flexibility index (Phi) is 7.09. The molecule has 0 rings (SSSR count). The minimum atomic E-state index is -0.158. The van der Waals surface area contributed by atoms with E-state index in [-0.39, 0.29) is 11.0 Å². The quantitative estimate of drug-likeness (QED) is 0.471. The molecule has 0 aromatic carbocycles. The highest BCUT2D eigenvalue weighted by Gasteiger charge is 2.12. The summed E-state index contributed by atoms with van der Waals surface area (Å²) in [4.78, 5) is 21.1. The molecule has 3 nitrogen and oxygen atoms in total. The lowest BCUT2D eigenvalue weighted by Gasteiger charge is -2.08. The summed E-state index contributed by atoms with van der Waals surface area (Å²) in [5, 5.41) is -0.158. The van der Waals surface area contributed by atoms with Crippen LogP contribution in [0.15, 0.2) is 0 Å². The van der Waals surface area contributed by atoms with Crippen LogP contribution >= 0.6 is 11.8 Å². The van der Waals surface area contributed by atoms with Crippen LogP contribution in [0.3, 0.4) is 0 Å². The van der Waals surface area contributed by atoms with Gasteiger partial charge in [-0.25, -0.2) is 0 Å². The highest BCUT2D eigenvalue weighted by molar-refractivity contribution is 8.00. The van der Waals surface area contributed by atoms with Crippen molar-refractivity contribution in [2.75, 3.05) is 12.3 Å². The van der Waals surface area contributed by atoms with Crippen molar-refractivity contribution in [1.82, 2.24) is 0 Å². The van der Waals surface area contributed by atoms with Crippen molar-refractivity contribution in [3.63, 3.8) is 0 Å². The van der Waals surface area contributed by atoms with Crippen LogP contribution in [0.5, 0.6) is 0 Å². The van der Waals surface area contributed by atoms with E-state index in [9.17, 15) is 9.59 Å². The fourth-order valence-corrected chi connectivity index (χ4v) is 1.81. The Labute approximate surface area is 77.1 Å². The first-order valence-electron chi connectivity index (χ1n) is 3.98. The fourth-order valence-electron chi connectivity index (χ4n) is 0.748. The predicted molar refractivity (Wildman–Crippen MR) is 51.3 cm³/mol. The van der Waals surface area contributed by atoms with E-state index in [0.717, 1.165) is 18.5 Å². The first-order chi connectivity index (χ1) is 5.72. The lowest BCUT2D eigenvalue weighted by molar-refractivity contribution is -0.118. The van der Waals surface area contributed by atoms with Gasteiger partial charge in [0.1, 0.15) is 12.1 Å². The highest BCUT2D eigenvalue weighted by Crippen LogP contribution is 2.15.